The van der Waals surface area contributed by atoms with Gasteiger partial charge in [0.15, 0.2) is 12.3 Å². The molecular weight excluding hydrogens is 416 g/mol. The van der Waals surface area contributed by atoms with Crippen LogP contribution in [0.25, 0.3) is 22.3 Å². The van der Waals surface area contributed by atoms with Crippen LogP contribution in [0.5, 0.6) is 0 Å². The Hall–Kier alpha value is -3.85. The molecule has 31 heavy (non-hydrogen) atoms. The third-order valence-electron chi connectivity index (χ3n) is 4.53. The molecule has 0 bridgehead atoms. The summed E-state index contributed by atoms with van der Waals surface area (Å²) in [4.78, 5) is 41.9. The number of fused-ring (bicyclic) bond motifs is 1. The van der Waals surface area contributed by atoms with E-state index in [0.29, 0.717) is 28.1 Å². The van der Waals surface area contributed by atoms with Crippen LogP contribution in [0.2, 0.25) is 0 Å². The Morgan fingerprint density at radius 1 is 1.13 bits per heavy atom. The van der Waals surface area contributed by atoms with E-state index in [1.54, 1.807) is 34.5 Å². The topological polar surface area (TPSA) is 103 Å². The summed E-state index contributed by atoms with van der Waals surface area (Å²) in [5.41, 5.74) is 2.23. The van der Waals surface area contributed by atoms with Crippen molar-refractivity contribution >= 4 is 40.2 Å². The fourth-order valence-corrected chi connectivity index (χ4v) is 3.66. The third-order valence-corrected chi connectivity index (χ3v) is 5.40. The SMILES string of the molecule is CCn1ncc2c(C(=O)OCC(=O)NC(=O)c3cccs3)cc(-c3ccccc3)nc21. The number of hydrogen-bond acceptors (Lipinski definition) is 7. The zero-order chi connectivity index (χ0) is 21.8. The highest BCUT2D eigenvalue weighted by Gasteiger charge is 2.20. The largest absolute Gasteiger partial charge is 0.452 e. The summed E-state index contributed by atoms with van der Waals surface area (Å²) in [5.74, 6) is -1.93. The molecule has 0 atom stereocenters. The van der Waals surface area contributed by atoms with E-state index in [4.69, 9.17) is 4.74 Å². The Balaban J connectivity index is 1.56. The fourth-order valence-electron chi connectivity index (χ4n) is 3.05. The van der Waals surface area contributed by atoms with E-state index in [-0.39, 0.29) is 5.56 Å². The number of aromatic nitrogens is 3. The Morgan fingerprint density at radius 3 is 2.65 bits per heavy atom. The van der Waals surface area contributed by atoms with Crippen molar-refractivity contribution in [2.75, 3.05) is 6.61 Å². The van der Waals surface area contributed by atoms with E-state index in [0.717, 1.165) is 5.56 Å². The Morgan fingerprint density at radius 2 is 1.94 bits per heavy atom. The minimum absolute atomic E-state index is 0.251. The van der Waals surface area contributed by atoms with Gasteiger partial charge in [-0.15, -0.1) is 11.3 Å². The zero-order valence-corrected chi connectivity index (χ0v) is 17.4. The first-order valence-corrected chi connectivity index (χ1v) is 10.4. The average molecular weight is 434 g/mol. The first-order valence-electron chi connectivity index (χ1n) is 9.53. The van der Waals surface area contributed by atoms with Crippen LogP contribution >= 0.6 is 11.3 Å². The third kappa shape index (κ3) is 4.36. The van der Waals surface area contributed by atoms with E-state index in [1.807, 2.05) is 37.3 Å². The lowest BCUT2D eigenvalue weighted by atomic mass is 10.1. The van der Waals surface area contributed by atoms with E-state index in [9.17, 15) is 14.4 Å². The fraction of sp³-hybridized carbons (Fsp3) is 0.136. The first-order chi connectivity index (χ1) is 15.1. The molecule has 3 heterocycles. The van der Waals surface area contributed by atoms with Gasteiger partial charge < -0.3 is 4.74 Å². The molecular formula is C22H18N4O4S. The maximum Gasteiger partial charge on any atom is 0.339 e. The quantitative estimate of drug-likeness (QED) is 0.467. The van der Waals surface area contributed by atoms with Crippen molar-refractivity contribution in [3.63, 3.8) is 0 Å². The van der Waals surface area contributed by atoms with Gasteiger partial charge in [-0.2, -0.15) is 5.10 Å². The lowest BCUT2D eigenvalue weighted by molar-refractivity contribution is -0.123. The van der Waals surface area contributed by atoms with Gasteiger partial charge in [-0.1, -0.05) is 36.4 Å². The molecule has 0 aliphatic heterocycles. The molecule has 0 radical (unpaired) electrons. The number of rotatable bonds is 6. The smallest absolute Gasteiger partial charge is 0.339 e. The molecule has 1 aromatic carbocycles. The second kappa shape index (κ2) is 8.88. The molecule has 156 valence electrons. The van der Waals surface area contributed by atoms with E-state index in [1.165, 1.54) is 11.3 Å². The van der Waals surface area contributed by atoms with Crippen molar-refractivity contribution in [3.8, 4) is 11.3 Å². The molecule has 4 rings (SSSR count). The van der Waals surface area contributed by atoms with Crippen LogP contribution in [-0.4, -0.2) is 39.2 Å². The van der Waals surface area contributed by atoms with Gasteiger partial charge in [-0.05, 0) is 24.4 Å². The molecule has 0 spiro atoms. The van der Waals surface area contributed by atoms with Gasteiger partial charge in [0.05, 0.1) is 27.7 Å². The van der Waals surface area contributed by atoms with Gasteiger partial charge in [-0.25, -0.2) is 14.5 Å². The highest BCUT2D eigenvalue weighted by Crippen LogP contribution is 2.25. The normalized spacial score (nSPS) is 10.7. The number of pyridine rings is 1. The van der Waals surface area contributed by atoms with Crippen molar-refractivity contribution < 1.29 is 19.1 Å². The van der Waals surface area contributed by atoms with E-state index < -0.39 is 24.4 Å². The second-order valence-electron chi connectivity index (χ2n) is 6.55. The number of imide groups is 1. The van der Waals surface area contributed by atoms with Gasteiger partial charge >= 0.3 is 5.97 Å². The average Bonchev–Trinajstić information content (AvgIpc) is 3.47. The number of nitrogens with one attached hydrogen (secondary N) is 1. The Kier molecular flexibility index (Phi) is 5.85. The predicted octanol–water partition coefficient (Wildman–Crippen LogP) is 3.29. The molecule has 4 aromatic rings. The Bertz CT molecular complexity index is 1250. The molecule has 0 aliphatic carbocycles. The lowest BCUT2D eigenvalue weighted by Crippen LogP contribution is -2.33. The predicted molar refractivity (Wildman–Crippen MR) is 116 cm³/mol. The monoisotopic (exact) mass is 434 g/mol. The number of nitrogens with zero attached hydrogens (tertiary/aromatic N) is 3. The number of hydrogen-bond donors (Lipinski definition) is 1. The van der Waals surface area contributed by atoms with Gasteiger partial charge in [0.25, 0.3) is 11.8 Å². The van der Waals surface area contributed by atoms with E-state index >= 15 is 0 Å². The lowest BCUT2D eigenvalue weighted by Gasteiger charge is -2.09. The van der Waals surface area contributed by atoms with Crippen LogP contribution in [-0.2, 0) is 16.1 Å². The number of thiophene rings is 1. The molecule has 0 saturated heterocycles. The summed E-state index contributed by atoms with van der Waals surface area (Å²) in [7, 11) is 0. The molecule has 0 aliphatic rings. The van der Waals surface area contributed by atoms with E-state index in [2.05, 4.69) is 15.4 Å². The Labute approximate surface area is 181 Å². The highest BCUT2D eigenvalue weighted by molar-refractivity contribution is 7.12. The zero-order valence-electron chi connectivity index (χ0n) is 16.6. The number of carbonyl (C=O) groups is 3. The van der Waals surface area contributed by atoms with Crippen LogP contribution in [0.3, 0.4) is 0 Å². The number of ether oxygens (including phenoxy) is 1. The summed E-state index contributed by atoms with van der Waals surface area (Å²) in [6, 6.07) is 14.4. The standard InChI is InChI=1S/C22H18N4O4S/c1-2-26-20-16(12-23-26)15(11-17(24-20)14-7-4-3-5-8-14)22(29)30-13-19(27)25-21(28)18-9-6-10-31-18/h3-12H,2,13H2,1H3,(H,25,27,28). The van der Waals surface area contributed by atoms with Crippen LogP contribution in [0.4, 0.5) is 0 Å². The maximum absolute atomic E-state index is 12.8. The summed E-state index contributed by atoms with van der Waals surface area (Å²) in [5, 5.41) is 8.74. The minimum Gasteiger partial charge on any atom is -0.452 e. The van der Waals surface area contributed by atoms with Crippen molar-refractivity contribution in [2.45, 2.75) is 13.5 Å². The number of esters is 1. The number of benzene rings is 1. The van der Waals surface area contributed by atoms with Gasteiger partial charge in [0.2, 0.25) is 0 Å². The number of carbonyl (C=O) groups excluding carboxylic acids is 3. The van der Waals surface area contributed by atoms with Crippen molar-refractivity contribution in [3.05, 3.63) is 70.5 Å². The molecule has 3 aromatic heterocycles. The number of amides is 2. The summed E-state index contributed by atoms with van der Waals surface area (Å²) >= 11 is 1.21. The number of aryl methyl sites for hydroxylation is 1. The maximum atomic E-state index is 12.8. The second-order valence-corrected chi connectivity index (χ2v) is 7.50. The van der Waals surface area contributed by atoms with Crippen LogP contribution in [0.1, 0.15) is 27.0 Å². The van der Waals surface area contributed by atoms with Crippen molar-refractivity contribution in [2.24, 2.45) is 0 Å². The summed E-state index contributed by atoms with van der Waals surface area (Å²) < 4.78 is 6.87. The molecule has 9 heteroatoms. The molecule has 0 saturated carbocycles. The van der Waals surface area contributed by atoms with Gasteiger partial charge in [0, 0.05) is 12.1 Å². The van der Waals surface area contributed by atoms with Crippen molar-refractivity contribution in [1.29, 1.82) is 0 Å². The summed E-state index contributed by atoms with van der Waals surface area (Å²) in [6.07, 6.45) is 1.55. The van der Waals surface area contributed by atoms with Crippen molar-refractivity contribution in [1.82, 2.24) is 20.1 Å². The molecule has 1 N–H and O–H groups in total. The van der Waals surface area contributed by atoms with Crippen LogP contribution < -0.4 is 5.32 Å². The summed E-state index contributed by atoms with van der Waals surface area (Å²) in [6.45, 7) is 1.93. The van der Waals surface area contributed by atoms with Crippen LogP contribution in [0, 0.1) is 0 Å². The molecule has 8 nitrogen and oxygen atoms in total. The highest BCUT2D eigenvalue weighted by atomic mass is 32.1. The molecule has 0 fully saturated rings. The van der Waals surface area contributed by atoms with Gasteiger partial charge in [0.1, 0.15) is 0 Å². The van der Waals surface area contributed by atoms with Gasteiger partial charge in [-0.3, -0.25) is 14.9 Å². The molecule has 2 amide bonds. The molecule has 0 unspecified atom stereocenters. The first kappa shape index (κ1) is 20.4. The minimum atomic E-state index is -0.704. The van der Waals surface area contributed by atoms with Crippen LogP contribution in [0.15, 0.2) is 60.1 Å².